The molecule has 3 rings (SSSR count). The first kappa shape index (κ1) is 15.8. The van der Waals surface area contributed by atoms with Crippen molar-refractivity contribution < 1.29 is 9.90 Å². The number of hydrogen-bond acceptors (Lipinski definition) is 3. The number of hydrogen-bond donors (Lipinski definition) is 2. The van der Waals surface area contributed by atoms with Gasteiger partial charge in [0.2, 0.25) is 0 Å². The molecule has 23 heavy (non-hydrogen) atoms. The number of aromatic nitrogens is 2. The molecule has 1 saturated carbocycles. The first-order valence-corrected chi connectivity index (χ1v) is 7.92. The smallest absolute Gasteiger partial charge is 0.321 e. The van der Waals surface area contributed by atoms with Crippen LogP contribution in [0.25, 0.3) is 5.69 Å². The number of carbonyl (C=O) groups excluding carboxylic acids is 1. The Labute approximate surface area is 139 Å². The minimum Gasteiger partial charge on any atom is -0.391 e. The second kappa shape index (κ2) is 6.60. The van der Waals surface area contributed by atoms with E-state index in [0.717, 1.165) is 18.5 Å². The van der Waals surface area contributed by atoms with Gasteiger partial charge in [-0.15, -0.1) is 0 Å². The van der Waals surface area contributed by atoms with Gasteiger partial charge in [0.15, 0.2) is 0 Å². The van der Waals surface area contributed by atoms with Crippen LogP contribution in [0.3, 0.4) is 0 Å². The Bertz CT molecular complexity index is 699. The van der Waals surface area contributed by atoms with Crippen molar-refractivity contribution in [1.82, 2.24) is 14.7 Å². The number of nitrogens with one attached hydrogen (secondary N) is 1. The van der Waals surface area contributed by atoms with Crippen LogP contribution in [0.2, 0.25) is 5.02 Å². The number of aliphatic hydroxyl groups excluding tert-OH is 1. The van der Waals surface area contributed by atoms with Gasteiger partial charge in [-0.05, 0) is 30.9 Å². The highest BCUT2D eigenvalue weighted by molar-refractivity contribution is 6.32. The predicted molar refractivity (Wildman–Crippen MR) is 89.0 cm³/mol. The Morgan fingerprint density at radius 1 is 1.52 bits per heavy atom. The first-order chi connectivity index (χ1) is 11.0. The number of urea groups is 1. The van der Waals surface area contributed by atoms with Crippen LogP contribution >= 0.6 is 11.6 Å². The minimum atomic E-state index is -0.448. The molecule has 1 heterocycles. The molecule has 0 bridgehead atoms. The number of halogens is 1. The third kappa shape index (κ3) is 3.83. The largest absolute Gasteiger partial charge is 0.391 e. The fraction of sp³-hybridized carbons (Fsp3) is 0.375. The van der Waals surface area contributed by atoms with Gasteiger partial charge in [0.25, 0.3) is 0 Å². The van der Waals surface area contributed by atoms with Crippen LogP contribution in [-0.4, -0.2) is 45.5 Å². The molecule has 0 aliphatic heterocycles. The minimum absolute atomic E-state index is 0.275. The average Bonchev–Trinajstić information content (AvgIpc) is 3.28. The van der Waals surface area contributed by atoms with Gasteiger partial charge in [0, 0.05) is 13.6 Å². The van der Waals surface area contributed by atoms with Gasteiger partial charge in [-0.2, -0.15) is 5.10 Å². The fourth-order valence-corrected chi connectivity index (χ4v) is 2.59. The molecule has 0 radical (unpaired) electrons. The van der Waals surface area contributed by atoms with Crippen LogP contribution in [0.5, 0.6) is 0 Å². The SMILES string of the molecule is CN(CC(O)C1CC1)C(=O)Nc1cnn(-c2ccccc2Cl)c1. The molecule has 122 valence electrons. The fourth-order valence-electron chi connectivity index (χ4n) is 2.37. The van der Waals surface area contributed by atoms with Crippen molar-refractivity contribution in [3.05, 3.63) is 41.7 Å². The second-order valence-corrected chi connectivity index (χ2v) is 6.25. The Hall–Kier alpha value is -2.05. The van der Waals surface area contributed by atoms with Crippen molar-refractivity contribution >= 4 is 23.3 Å². The number of rotatable bonds is 5. The van der Waals surface area contributed by atoms with Crippen molar-refractivity contribution in [3.63, 3.8) is 0 Å². The summed E-state index contributed by atoms with van der Waals surface area (Å²) in [6, 6.07) is 7.07. The number of carbonyl (C=O) groups is 1. The van der Waals surface area contributed by atoms with Gasteiger partial charge in [-0.1, -0.05) is 23.7 Å². The molecule has 1 aliphatic carbocycles. The maximum atomic E-state index is 12.1. The molecule has 1 fully saturated rings. The summed E-state index contributed by atoms with van der Waals surface area (Å²) in [7, 11) is 1.67. The molecular formula is C16H19ClN4O2. The lowest BCUT2D eigenvalue weighted by atomic mass is 10.2. The lowest BCUT2D eigenvalue weighted by Gasteiger charge is -2.20. The van der Waals surface area contributed by atoms with Crippen molar-refractivity contribution in [2.45, 2.75) is 18.9 Å². The Morgan fingerprint density at radius 2 is 2.26 bits per heavy atom. The molecule has 6 nitrogen and oxygen atoms in total. The molecular weight excluding hydrogens is 316 g/mol. The highest BCUT2D eigenvalue weighted by atomic mass is 35.5. The highest BCUT2D eigenvalue weighted by Crippen LogP contribution is 2.32. The molecule has 1 atom stereocenters. The summed E-state index contributed by atoms with van der Waals surface area (Å²) in [6.07, 6.45) is 4.90. The lowest BCUT2D eigenvalue weighted by Crippen LogP contribution is -2.37. The number of para-hydroxylation sites is 1. The van der Waals surface area contributed by atoms with Crippen molar-refractivity contribution in [3.8, 4) is 5.69 Å². The third-order valence-electron chi connectivity index (χ3n) is 3.91. The maximum Gasteiger partial charge on any atom is 0.321 e. The van der Waals surface area contributed by atoms with Gasteiger partial charge in [0.05, 0.1) is 34.9 Å². The average molecular weight is 335 g/mol. The summed E-state index contributed by atoms with van der Waals surface area (Å²) in [5.74, 6) is 0.341. The van der Waals surface area contributed by atoms with E-state index in [1.54, 1.807) is 30.2 Å². The van der Waals surface area contributed by atoms with Crippen molar-refractivity contribution in [2.24, 2.45) is 5.92 Å². The van der Waals surface area contributed by atoms with E-state index in [2.05, 4.69) is 10.4 Å². The van der Waals surface area contributed by atoms with Crippen LogP contribution in [0, 0.1) is 5.92 Å². The molecule has 1 aliphatic rings. The number of anilines is 1. The van der Waals surface area contributed by atoms with Gasteiger partial charge in [-0.25, -0.2) is 9.48 Å². The topological polar surface area (TPSA) is 70.4 Å². The van der Waals surface area contributed by atoms with Crippen LogP contribution in [-0.2, 0) is 0 Å². The molecule has 2 amide bonds. The van der Waals surface area contributed by atoms with Crippen LogP contribution in [0.15, 0.2) is 36.7 Å². The Kier molecular flexibility index (Phi) is 4.54. The van der Waals surface area contributed by atoms with E-state index in [9.17, 15) is 9.90 Å². The number of likely N-dealkylation sites (N-methyl/N-ethyl adjacent to an activating group) is 1. The number of benzene rings is 1. The van der Waals surface area contributed by atoms with E-state index < -0.39 is 6.10 Å². The van der Waals surface area contributed by atoms with Crippen molar-refractivity contribution in [2.75, 3.05) is 18.9 Å². The zero-order chi connectivity index (χ0) is 16.4. The molecule has 2 N–H and O–H groups in total. The number of aliphatic hydroxyl groups is 1. The molecule has 1 aromatic carbocycles. The summed E-state index contributed by atoms with van der Waals surface area (Å²) >= 11 is 6.13. The quantitative estimate of drug-likeness (QED) is 0.883. The van der Waals surface area contributed by atoms with E-state index in [0.29, 0.717) is 23.2 Å². The Morgan fingerprint density at radius 3 is 2.96 bits per heavy atom. The number of amides is 2. The first-order valence-electron chi connectivity index (χ1n) is 7.54. The van der Waals surface area contributed by atoms with Gasteiger partial charge < -0.3 is 15.3 Å². The van der Waals surface area contributed by atoms with E-state index in [1.807, 2.05) is 18.2 Å². The molecule has 0 saturated heterocycles. The summed E-state index contributed by atoms with van der Waals surface area (Å²) < 4.78 is 1.61. The van der Waals surface area contributed by atoms with E-state index >= 15 is 0 Å². The van der Waals surface area contributed by atoms with Crippen LogP contribution in [0.4, 0.5) is 10.5 Å². The Balaban J connectivity index is 1.62. The van der Waals surface area contributed by atoms with E-state index in [4.69, 9.17) is 11.6 Å². The van der Waals surface area contributed by atoms with Gasteiger partial charge in [0.1, 0.15) is 0 Å². The molecule has 0 spiro atoms. The van der Waals surface area contributed by atoms with Crippen LogP contribution in [0.1, 0.15) is 12.8 Å². The normalized spacial score (nSPS) is 15.3. The summed E-state index contributed by atoms with van der Waals surface area (Å²) in [6.45, 7) is 0.329. The summed E-state index contributed by atoms with van der Waals surface area (Å²) in [4.78, 5) is 13.6. The third-order valence-corrected chi connectivity index (χ3v) is 4.23. The molecule has 2 aromatic rings. The van der Waals surface area contributed by atoms with E-state index in [-0.39, 0.29) is 6.03 Å². The lowest BCUT2D eigenvalue weighted by molar-refractivity contribution is 0.117. The van der Waals surface area contributed by atoms with Crippen molar-refractivity contribution in [1.29, 1.82) is 0 Å². The molecule has 1 unspecified atom stereocenters. The predicted octanol–water partition coefficient (Wildman–Crippen LogP) is 2.76. The zero-order valence-electron chi connectivity index (χ0n) is 12.8. The highest BCUT2D eigenvalue weighted by Gasteiger charge is 2.31. The second-order valence-electron chi connectivity index (χ2n) is 5.84. The number of nitrogens with zero attached hydrogens (tertiary/aromatic N) is 3. The monoisotopic (exact) mass is 334 g/mol. The summed E-state index contributed by atoms with van der Waals surface area (Å²) in [5.41, 5.74) is 1.31. The van der Waals surface area contributed by atoms with E-state index in [1.165, 1.54) is 4.90 Å². The maximum absolute atomic E-state index is 12.1. The molecule has 1 aromatic heterocycles. The van der Waals surface area contributed by atoms with Crippen LogP contribution < -0.4 is 5.32 Å². The van der Waals surface area contributed by atoms with Gasteiger partial charge in [-0.3, -0.25) is 0 Å². The summed E-state index contributed by atoms with van der Waals surface area (Å²) in [5, 5.41) is 17.5. The zero-order valence-corrected chi connectivity index (χ0v) is 13.6. The van der Waals surface area contributed by atoms with Gasteiger partial charge >= 0.3 is 6.03 Å². The standard InChI is InChI=1S/C16H19ClN4O2/c1-20(10-15(22)11-6-7-11)16(23)19-12-8-18-21(9-12)14-5-3-2-4-13(14)17/h2-5,8-9,11,15,22H,6-7,10H2,1H3,(H,19,23). The molecule has 7 heteroatoms.